The number of hydrogen-bond acceptors (Lipinski definition) is 6. The minimum absolute atomic E-state index is 0.168. The van der Waals surface area contributed by atoms with Crippen LogP contribution in [0.1, 0.15) is 69.2 Å². The van der Waals surface area contributed by atoms with Gasteiger partial charge >= 0.3 is 11.7 Å². The van der Waals surface area contributed by atoms with Crippen molar-refractivity contribution in [1.82, 2.24) is 24.3 Å². The fourth-order valence-corrected chi connectivity index (χ4v) is 5.11. The number of fused-ring (bicyclic) bond motifs is 1. The number of benzene rings is 1. The largest absolute Gasteiger partial charge is 0.459 e. The number of nitrogens with zero attached hydrogens (tertiary/aromatic N) is 5. The molecule has 1 aromatic carbocycles. The van der Waals surface area contributed by atoms with Gasteiger partial charge in [-0.15, -0.1) is 0 Å². The Morgan fingerprint density at radius 3 is 2.70 bits per heavy atom. The maximum Gasteiger partial charge on any atom is 0.346 e. The molecule has 1 unspecified atom stereocenters. The van der Waals surface area contributed by atoms with Crippen LogP contribution < -0.4 is 5.69 Å². The van der Waals surface area contributed by atoms with E-state index in [4.69, 9.17) is 16.3 Å². The highest BCUT2D eigenvalue weighted by molar-refractivity contribution is 6.30. The lowest BCUT2D eigenvalue weighted by Crippen LogP contribution is -2.52. The number of hydrogen-bond donors (Lipinski definition) is 0. The maximum atomic E-state index is 13.4. The number of esters is 1. The zero-order valence-electron chi connectivity index (χ0n) is 18.9. The van der Waals surface area contributed by atoms with Crippen LogP contribution in [0.15, 0.2) is 47.7 Å². The highest BCUT2D eigenvalue weighted by Gasteiger charge is 2.55. The first-order chi connectivity index (χ1) is 15.7. The van der Waals surface area contributed by atoms with Crippen molar-refractivity contribution in [1.29, 1.82) is 0 Å². The van der Waals surface area contributed by atoms with Crippen molar-refractivity contribution in [2.45, 2.75) is 69.6 Å². The topological polar surface area (TPSA) is 91.9 Å². The van der Waals surface area contributed by atoms with Crippen molar-refractivity contribution in [3.63, 3.8) is 0 Å². The van der Waals surface area contributed by atoms with E-state index in [0.29, 0.717) is 24.3 Å². The van der Waals surface area contributed by atoms with Crippen molar-refractivity contribution in [3.8, 4) is 0 Å². The lowest BCUT2D eigenvalue weighted by Gasteiger charge is -2.46. The van der Waals surface area contributed by atoms with Crippen molar-refractivity contribution in [2.24, 2.45) is 0 Å². The van der Waals surface area contributed by atoms with Gasteiger partial charge in [-0.2, -0.15) is 5.10 Å². The molecule has 0 bridgehead atoms. The summed E-state index contributed by atoms with van der Waals surface area (Å²) in [7, 11) is 0. The zero-order chi connectivity index (χ0) is 23.4. The van der Waals surface area contributed by atoms with Crippen LogP contribution in [0.5, 0.6) is 0 Å². The number of ether oxygens (including phenoxy) is 1. The molecule has 33 heavy (non-hydrogen) atoms. The summed E-state index contributed by atoms with van der Waals surface area (Å²) < 4.78 is 9.03. The molecule has 1 saturated carbocycles. The van der Waals surface area contributed by atoms with Gasteiger partial charge in [-0.05, 0) is 57.7 Å². The molecule has 5 rings (SSSR count). The van der Waals surface area contributed by atoms with Crippen LogP contribution in [-0.4, -0.2) is 35.9 Å². The van der Waals surface area contributed by atoms with Gasteiger partial charge in [0.1, 0.15) is 11.4 Å². The molecule has 1 atom stereocenters. The number of carbonyl (C=O) groups is 1. The van der Waals surface area contributed by atoms with E-state index < -0.39 is 11.0 Å². The van der Waals surface area contributed by atoms with E-state index in [0.717, 1.165) is 23.5 Å². The third-order valence-electron chi connectivity index (χ3n) is 6.46. The molecule has 0 spiro atoms. The fraction of sp³-hybridized carbons (Fsp3) is 0.458. The van der Waals surface area contributed by atoms with E-state index >= 15 is 0 Å². The van der Waals surface area contributed by atoms with Crippen LogP contribution in [0, 0.1) is 0 Å². The van der Waals surface area contributed by atoms with Crippen LogP contribution in [0.4, 0.5) is 0 Å². The second-order valence-electron chi connectivity index (χ2n) is 9.85. The Bertz CT molecular complexity index is 1260. The quantitative estimate of drug-likeness (QED) is 0.544. The summed E-state index contributed by atoms with van der Waals surface area (Å²) in [6.45, 7) is 5.55. The second kappa shape index (κ2) is 7.80. The average Bonchev–Trinajstić information content (AvgIpc) is 3.27. The van der Waals surface area contributed by atoms with E-state index in [1.807, 2.05) is 39.0 Å². The summed E-state index contributed by atoms with van der Waals surface area (Å²) >= 11 is 6.24. The lowest BCUT2D eigenvalue weighted by atomic mass is 9.61. The fourth-order valence-electron chi connectivity index (χ4n) is 4.92. The standard InChI is InChI=1S/C24H26ClN5O3/c1-23(2,3)33-21(31)24(15-5-4-6-16(25)11-15)12-17(13-24)30-22(32)29-19(7-8-20(29)28-30)18-14-26-9-10-27-18/h4-6,9-11,14,17,19H,7-8,12-13H2,1-3H3. The molecule has 0 amide bonds. The Balaban J connectivity index is 1.46. The smallest absolute Gasteiger partial charge is 0.346 e. The Hall–Kier alpha value is -3.00. The van der Waals surface area contributed by atoms with Gasteiger partial charge in [0.15, 0.2) is 0 Å². The number of aryl methyl sites for hydroxylation is 1. The van der Waals surface area contributed by atoms with E-state index in [2.05, 4.69) is 15.1 Å². The van der Waals surface area contributed by atoms with Crippen LogP contribution >= 0.6 is 11.6 Å². The predicted octanol–water partition coefficient (Wildman–Crippen LogP) is 3.64. The Labute approximate surface area is 196 Å². The Morgan fingerprint density at radius 1 is 1.24 bits per heavy atom. The van der Waals surface area contributed by atoms with Gasteiger partial charge in [0.2, 0.25) is 0 Å². The van der Waals surface area contributed by atoms with Gasteiger partial charge < -0.3 is 4.74 Å². The SMILES string of the molecule is CC(C)(C)OC(=O)C1(c2cccc(Cl)c2)CC(n2nc3n(c2=O)C(c2cnccn2)CC3)C1. The summed E-state index contributed by atoms with van der Waals surface area (Å²) in [5, 5.41) is 5.20. The number of carbonyl (C=O) groups excluding carboxylic acids is 1. The summed E-state index contributed by atoms with van der Waals surface area (Å²) in [5.74, 6) is 0.443. The third kappa shape index (κ3) is 3.76. The van der Waals surface area contributed by atoms with E-state index in [-0.39, 0.29) is 23.7 Å². The molecule has 3 aromatic rings. The van der Waals surface area contributed by atoms with Crippen LogP contribution in [0.25, 0.3) is 0 Å². The first-order valence-corrected chi connectivity index (χ1v) is 11.5. The van der Waals surface area contributed by atoms with Gasteiger partial charge in [0, 0.05) is 23.8 Å². The number of halogens is 1. The van der Waals surface area contributed by atoms with E-state index in [1.54, 1.807) is 29.2 Å². The third-order valence-corrected chi connectivity index (χ3v) is 6.70. The Morgan fingerprint density at radius 2 is 2.03 bits per heavy atom. The second-order valence-corrected chi connectivity index (χ2v) is 10.3. The molecular weight excluding hydrogens is 442 g/mol. The summed E-state index contributed by atoms with van der Waals surface area (Å²) in [6.07, 6.45) is 7.26. The first kappa shape index (κ1) is 21.8. The van der Waals surface area contributed by atoms with Crippen molar-refractivity contribution in [3.05, 3.63) is 75.4 Å². The van der Waals surface area contributed by atoms with Crippen LogP contribution in [-0.2, 0) is 21.4 Å². The lowest BCUT2D eigenvalue weighted by molar-refractivity contribution is -0.168. The van der Waals surface area contributed by atoms with Crippen molar-refractivity contribution in [2.75, 3.05) is 0 Å². The predicted molar refractivity (Wildman–Crippen MR) is 122 cm³/mol. The molecule has 1 aliphatic carbocycles. The monoisotopic (exact) mass is 467 g/mol. The molecule has 1 aliphatic heterocycles. The minimum atomic E-state index is -0.860. The molecule has 172 valence electrons. The van der Waals surface area contributed by atoms with Gasteiger partial charge in [0.05, 0.1) is 29.4 Å². The molecule has 0 radical (unpaired) electrons. The van der Waals surface area contributed by atoms with E-state index in [1.165, 1.54) is 4.68 Å². The molecule has 2 aromatic heterocycles. The molecular formula is C24H26ClN5O3. The van der Waals surface area contributed by atoms with Crippen LogP contribution in [0.2, 0.25) is 5.02 Å². The average molecular weight is 468 g/mol. The van der Waals surface area contributed by atoms with Crippen molar-refractivity contribution < 1.29 is 9.53 Å². The zero-order valence-corrected chi connectivity index (χ0v) is 19.6. The van der Waals surface area contributed by atoms with Gasteiger partial charge in [-0.25, -0.2) is 9.48 Å². The van der Waals surface area contributed by atoms with E-state index in [9.17, 15) is 9.59 Å². The highest BCUT2D eigenvalue weighted by Crippen LogP contribution is 2.51. The van der Waals surface area contributed by atoms with Gasteiger partial charge in [-0.1, -0.05) is 23.7 Å². The molecule has 9 heteroatoms. The number of aromatic nitrogens is 5. The maximum absolute atomic E-state index is 13.4. The summed E-state index contributed by atoms with van der Waals surface area (Å²) in [5.41, 5.74) is -0.0941. The summed E-state index contributed by atoms with van der Waals surface area (Å²) in [6, 6.07) is 6.94. The molecule has 3 heterocycles. The van der Waals surface area contributed by atoms with Gasteiger partial charge in [0.25, 0.3) is 0 Å². The number of rotatable bonds is 4. The van der Waals surface area contributed by atoms with Crippen molar-refractivity contribution >= 4 is 17.6 Å². The Kier molecular flexibility index (Phi) is 5.16. The molecule has 0 saturated heterocycles. The summed E-state index contributed by atoms with van der Waals surface area (Å²) in [4.78, 5) is 35.2. The molecule has 2 aliphatic rings. The highest BCUT2D eigenvalue weighted by atomic mass is 35.5. The van der Waals surface area contributed by atoms with Gasteiger partial charge in [-0.3, -0.25) is 19.3 Å². The molecule has 1 fully saturated rings. The molecule has 8 nitrogen and oxygen atoms in total. The minimum Gasteiger partial charge on any atom is -0.459 e. The molecule has 0 N–H and O–H groups in total. The first-order valence-electron chi connectivity index (χ1n) is 11.1. The van der Waals surface area contributed by atoms with Crippen LogP contribution in [0.3, 0.4) is 0 Å². The normalized spacial score (nSPS) is 24.2.